The zero-order chi connectivity index (χ0) is 9.68. The number of rotatable bonds is 4. The van der Waals surface area contributed by atoms with Crippen molar-refractivity contribution in [2.24, 2.45) is 0 Å². The van der Waals surface area contributed by atoms with Crippen LogP contribution in [0, 0.1) is 0 Å². The molecule has 0 saturated heterocycles. The highest BCUT2D eigenvalue weighted by molar-refractivity contribution is 6.00. The summed E-state index contributed by atoms with van der Waals surface area (Å²) in [7, 11) is 0. The van der Waals surface area contributed by atoms with Gasteiger partial charge in [0.25, 0.3) is 0 Å². The van der Waals surface area contributed by atoms with Crippen LogP contribution >= 0.6 is 0 Å². The molecule has 0 aliphatic carbocycles. The van der Waals surface area contributed by atoms with Crippen molar-refractivity contribution in [2.75, 3.05) is 0 Å². The molecule has 1 rings (SSSR count). The normalized spacial score (nSPS) is 11.8. The molecule has 1 aromatic rings. The van der Waals surface area contributed by atoms with Gasteiger partial charge in [0.1, 0.15) is 0 Å². The van der Waals surface area contributed by atoms with Gasteiger partial charge in [-0.3, -0.25) is 9.59 Å². The molecule has 1 atom stereocenters. The molecule has 0 aliphatic rings. The van der Waals surface area contributed by atoms with Gasteiger partial charge in [-0.2, -0.15) is 0 Å². The van der Waals surface area contributed by atoms with Crippen LogP contribution in [0.25, 0.3) is 0 Å². The van der Waals surface area contributed by atoms with Crippen LogP contribution in [-0.4, -0.2) is 18.2 Å². The standard InChI is InChI=1S/C10H11NO2/c1-8(11-7-12)10(13)9-5-3-2-4-6-9/h2-8H,1H3,(H,11,12). The molecule has 0 radical (unpaired) electrons. The molecular formula is C10H11NO2. The lowest BCUT2D eigenvalue weighted by Gasteiger charge is -2.07. The first-order valence-electron chi connectivity index (χ1n) is 4.04. The van der Waals surface area contributed by atoms with E-state index >= 15 is 0 Å². The summed E-state index contributed by atoms with van der Waals surface area (Å²) in [6, 6.07) is 8.42. The minimum atomic E-state index is -0.458. The fraction of sp³-hybridized carbons (Fsp3) is 0.200. The van der Waals surface area contributed by atoms with Crippen LogP contribution in [0.2, 0.25) is 0 Å². The molecule has 1 unspecified atom stereocenters. The van der Waals surface area contributed by atoms with Crippen molar-refractivity contribution < 1.29 is 9.59 Å². The number of ketones is 1. The Morgan fingerprint density at radius 1 is 1.38 bits per heavy atom. The third kappa shape index (κ3) is 2.40. The Labute approximate surface area is 76.8 Å². The van der Waals surface area contributed by atoms with Gasteiger partial charge in [0.05, 0.1) is 6.04 Å². The van der Waals surface area contributed by atoms with Crippen molar-refractivity contribution >= 4 is 12.2 Å². The van der Waals surface area contributed by atoms with Gasteiger partial charge in [-0.15, -0.1) is 0 Å². The largest absolute Gasteiger partial charge is 0.349 e. The molecule has 3 nitrogen and oxygen atoms in total. The number of carbonyl (C=O) groups excluding carboxylic acids is 2. The molecule has 0 saturated carbocycles. The monoisotopic (exact) mass is 177 g/mol. The van der Waals surface area contributed by atoms with E-state index in [4.69, 9.17) is 0 Å². The number of hydrogen-bond acceptors (Lipinski definition) is 2. The van der Waals surface area contributed by atoms with Crippen molar-refractivity contribution in [2.45, 2.75) is 13.0 Å². The van der Waals surface area contributed by atoms with E-state index in [1.165, 1.54) is 0 Å². The van der Waals surface area contributed by atoms with E-state index in [0.717, 1.165) is 0 Å². The van der Waals surface area contributed by atoms with E-state index in [1.807, 2.05) is 6.07 Å². The average molecular weight is 177 g/mol. The Bertz CT molecular complexity index is 295. The van der Waals surface area contributed by atoms with E-state index in [9.17, 15) is 9.59 Å². The second kappa shape index (κ2) is 4.40. The highest BCUT2D eigenvalue weighted by atomic mass is 16.1. The Kier molecular flexibility index (Phi) is 3.20. The van der Waals surface area contributed by atoms with Crippen LogP contribution < -0.4 is 5.32 Å². The van der Waals surface area contributed by atoms with Gasteiger partial charge in [-0.05, 0) is 6.92 Å². The quantitative estimate of drug-likeness (QED) is 0.551. The number of amides is 1. The topological polar surface area (TPSA) is 46.2 Å². The maximum Gasteiger partial charge on any atom is 0.207 e. The van der Waals surface area contributed by atoms with E-state index in [0.29, 0.717) is 12.0 Å². The summed E-state index contributed by atoms with van der Waals surface area (Å²) < 4.78 is 0. The molecule has 1 N–H and O–H groups in total. The first-order chi connectivity index (χ1) is 6.25. The molecule has 0 aliphatic heterocycles. The van der Waals surface area contributed by atoms with Crippen molar-refractivity contribution in [3.63, 3.8) is 0 Å². The van der Waals surface area contributed by atoms with Crippen molar-refractivity contribution in [1.82, 2.24) is 5.32 Å². The molecule has 68 valence electrons. The number of carbonyl (C=O) groups is 2. The van der Waals surface area contributed by atoms with E-state index in [-0.39, 0.29) is 5.78 Å². The highest BCUT2D eigenvalue weighted by Crippen LogP contribution is 2.02. The number of Topliss-reactive ketones (excluding diaryl/α,β-unsaturated/α-hetero) is 1. The molecule has 0 heterocycles. The third-order valence-corrected chi connectivity index (χ3v) is 1.77. The van der Waals surface area contributed by atoms with Crippen LogP contribution in [0.1, 0.15) is 17.3 Å². The summed E-state index contributed by atoms with van der Waals surface area (Å²) in [4.78, 5) is 21.6. The lowest BCUT2D eigenvalue weighted by Crippen LogP contribution is -2.32. The van der Waals surface area contributed by atoms with E-state index < -0.39 is 6.04 Å². The van der Waals surface area contributed by atoms with Crippen LogP contribution in [0.4, 0.5) is 0 Å². The summed E-state index contributed by atoms with van der Waals surface area (Å²) >= 11 is 0. The van der Waals surface area contributed by atoms with Gasteiger partial charge < -0.3 is 5.32 Å². The van der Waals surface area contributed by atoms with Crippen molar-refractivity contribution in [3.8, 4) is 0 Å². The maximum absolute atomic E-state index is 11.5. The third-order valence-electron chi connectivity index (χ3n) is 1.77. The predicted molar refractivity (Wildman–Crippen MR) is 49.4 cm³/mol. The van der Waals surface area contributed by atoms with Crippen LogP contribution in [0.3, 0.4) is 0 Å². The van der Waals surface area contributed by atoms with E-state index in [1.54, 1.807) is 31.2 Å². The SMILES string of the molecule is CC(NC=O)C(=O)c1ccccc1. The Morgan fingerprint density at radius 2 is 2.00 bits per heavy atom. The van der Waals surface area contributed by atoms with Crippen molar-refractivity contribution in [3.05, 3.63) is 35.9 Å². The van der Waals surface area contributed by atoms with Gasteiger partial charge in [0, 0.05) is 5.56 Å². The maximum atomic E-state index is 11.5. The lowest BCUT2D eigenvalue weighted by atomic mass is 10.1. The van der Waals surface area contributed by atoms with Gasteiger partial charge in [0.2, 0.25) is 6.41 Å². The summed E-state index contributed by atoms with van der Waals surface area (Å²) in [6.45, 7) is 1.66. The summed E-state index contributed by atoms with van der Waals surface area (Å²) in [5.41, 5.74) is 0.615. The molecule has 0 aromatic heterocycles. The summed E-state index contributed by atoms with van der Waals surface area (Å²) in [6.07, 6.45) is 0.533. The van der Waals surface area contributed by atoms with E-state index in [2.05, 4.69) is 5.32 Å². The molecule has 3 heteroatoms. The molecule has 0 fully saturated rings. The fourth-order valence-corrected chi connectivity index (χ4v) is 1.03. The predicted octanol–water partition coefficient (Wildman–Crippen LogP) is 1.00. The zero-order valence-electron chi connectivity index (χ0n) is 7.36. The Morgan fingerprint density at radius 3 is 2.54 bits per heavy atom. The number of benzene rings is 1. The van der Waals surface area contributed by atoms with Crippen LogP contribution in [0.5, 0.6) is 0 Å². The van der Waals surface area contributed by atoms with Gasteiger partial charge in [0.15, 0.2) is 5.78 Å². The Hall–Kier alpha value is -1.64. The zero-order valence-corrected chi connectivity index (χ0v) is 7.36. The minimum absolute atomic E-state index is 0.0762. The lowest BCUT2D eigenvalue weighted by molar-refractivity contribution is -0.109. The molecule has 0 spiro atoms. The van der Waals surface area contributed by atoms with Gasteiger partial charge >= 0.3 is 0 Å². The first-order valence-corrected chi connectivity index (χ1v) is 4.04. The number of hydrogen-bond donors (Lipinski definition) is 1. The molecule has 13 heavy (non-hydrogen) atoms. The second-order valence-corrected chi connectivity index (χ2v) is 2.74. The Balaban J connectivity index is 2.73. The smallest absolute Gasteiger partial charge is 0.207 e. The molecule has 0 bridgehead atoms. The fourth-order valence-electron chi connectivity index (χ4n) is 1.03. The van der Waals surface area contributed by atoms with Gasteiger partial charge in [-0.25, -0.2) is 0 Å². The van der Waals surface area contributed by atoms with Crippen LogP contribution in [0.15, 0.2) is 30.3 Å². The summed E-state index contributed by atoms with van der Waals surface area (Å²) in [5, 5.41) is 2.41. The second-order valence-electron chi connectivity index (χ2n) is 2.74. The first kappa shape index (κ1) is 9.45. The minimum Gasteiger partial charge on any atom is -0.349 e. The highest BCUT2D eigenvalue weighted by Gasteiger charge is 2.12. The molecular weight excluding hydrogens is 166 g/mol. The van der Waals surface area contributed by atoms with Crippen molar-refractivity contribution in [1.29, 1.82) is 0 Å². The summed E-state index contributed by atoms with van der Waals surface area (Å²) in [5.74, 6) is -0.0762. The molecule has 1 amide bonds. The van der Waals surface area contributed by atoms with Crippen LogP contribution in [-0.2, 0) is 4.79 Å². The van der Waals surface area contributed by atoms with Gasteiger partial charge in [-0.1, -0.05) is 30.3 Å². The molecule has 1 aromatic carbocycles. The average Bonchev–Trinajstić information content (AvgIpc) is 2.18. The number of nitrogens with one attached hydrogen (secondary N) is 1.